The van der Waals surface area contributed by atoms with Gasteiger partial charge in [0, 0.05) is 12.1 Å². The third-order valence-corrected chi connectivity index (χ3v) is 8.34. The molecule has 2 heterocycles. The first kappa shape index (κ1) is 26.4. The fourth-order valence-corrected chi connectivity index (χ4v) is 6.41. The highest BCUT2D eigenvalue weighted by atomic mass is 32.2. The van der Waals surface area contributed by atoms with Gasteiger partial charge in [0.1, 0.15) is 24.1 Å². The molecule has 0 aliphatic carbocycles. The Morgan fingerprint density at radius 1 is 0.974 bits per heavy atom. The number of fused-ring (bicyclic) bond motifs is 1. The number of thioether (sulfide) groups is 1. The van der Waals surface area contributed by atoms with Gasteiger partial charge in [0.15, 0.2) is 0 Å². The molecule has 5 rings (SSSR count). The maximum atomic E-state index is 13.3. The zero-order valence-corrected chi connectivity index (χ0v) is 21.5. The lowest BCUT2D eigenvalue weighted by atomic mass is 9.97. The van der Waals surface area contributed by atoms with Crippen molar-refractivity contribution in [2.24, 2.45) is 0 Å². The molecular weight excluding hydrogens is 522 g/mol. The lowest BCUT2D eigenvalue weighted by Crippen LogP contribution is -2.70. The van der Waals surface area contributed by atoms with Crippen LogP contribution in [0.4, 0.5) is 5.69 Å². The first-order valence-electron chi connectivity index (χ1n) is 12.3. The number of carbonyl (C=O) groups excluding carboxylic acids is 3. The Morgan fingerprint density at radius 3 is 2.28 bits per heavy atom. The summed E-state index contributed by atoms with van der Waals surface area (Å²) in [6.45, 7) is -0.236. The van der Waals surface area contributed by atoms with Crippen molar-refractivity contribution in [3.05, 3.63) is 111 Å². The van der Waals surface area contributed by atoms with Gasteiger partial charge in [-0.25, -0.2) is 4.79 Å². The smallest absolute Gasteiger partial charge is 0.330 e. The van der Waals surface area contributed by atoms with Crippen molar-refractivity contribution in [2.75, 3.05) is 0 Å². The zero-order valence-electron chi connectivity index (χ0n) is 20.6. The Bertz CT molecular complexity index is 1380. The van der Waals surface area contributed by atoms with E-state index in [4.69, 9.17) is 4.74 Å². The van der Waals surface area contributed by atoms with E-state index in [-0.39, 0.29) is 37.1 Å². The minimum absolute atomic E-state index is 0.0713. The van der Waals surface area contributed by atoms with E-state index in [2.05, 4.69) is 5.32 Å². The summed E-state index contributed by atoms with van der Waals surface area (Å²) < 4.78 is 5.56. The molecule has 0 radical (unpaired) electrons. The van der Waals surface area contributed by atoms with E-state index >= 15 is 0 Å². The maximum absolute atomic E-state index is 13.3. The summed E-state index contributed by atoms with van der Waals surface area (Å²) >= 11 is 1.40. The molecule has 10 nitrogen and oxygen atoms in total. The van der Waals surface area contributed by atoms with Gasteiger partial charge in [-0.15, -0.1) is 11.8 Å². The Hall–Kier alpha value is -4.22. The Morgan fingerprint density at radius 2 is 1.64 bits per heavy atom. The molecule has 2 amide bonds. The predicted molar refractivity (Wildman–Crippen MR) is 142 cm³/mol. The highest BCUT2D eigenvalue weighted by Gasteiger charge is 2.61. The lowest BCUT2D eigenvalue weighted by molar-refractivity contribution is -0.384. The molecule has 0 bridgehead atoms. The molecule has 2 aliphatic heterocycles. The highest BCUT2D eigenvalue weighted by Crippen LogP contribution is 2.52. The number of amides is 2. The van der Waals surface area contributed by atoms with Crippen LogP contribution < -0.4 is 5.32 Å². The van der Waals surface area contributed by atoms with E-state index in [1.54, 1.807) is 24.3 Å². The number of nitro benzene ring substituents is 1. The minimum Gasteiger partial charge on any atom is -0.459 e. The fourth-order valence-electron chi connectivity index (χ4n) is 4.70. The number of benzene rings is 3. The molecule has 0 unspecified atom stereocenters. The van der Waals surface area contributed by atoms with Crippen molar-refractivity contribution < 1.29 is 29.2 Å². The molecule has 2 fully saturated rings. The standard InChI is InChI=1S/C28H25N3O7S/c32-15-18-6-10-20(11-7-18)25-24(28(35)38-16-19-8-12-21(13-9-19)31(36)37)30-26(34)23(27(30)39-25)29-22(33)14-17-4-2-1-3-5-17/h1-13,23-25,27,32H,14-16H2,(H,29,33)/t23-,24-,25-,27-/m1/s1. The number of aliphatic hydroxyl groups is 1. The van der Waals surface area contributed by atoms with Gasteiger partial charge in [-0.3, -0.25) is 19.7 Å². The normalized spacial score (nSPS) is 21.6. The first-order valence-corrected chi connectivity index (χ1v) is 13.2. The number of nitro groups is 1. The monoisotopic (exact) mass is 547 g/mol. The Labute approximate surface area is 228 Å². The van der Waals surface area contributed by atoms with E-state index in [1.165, 1.54) is 40.9 Å². The fraction of sp³-hybridized carbons (Fsp3) is 0.250. The largest absolute Gasteiger partial charge is 0.459 e. The number of ether oxygens (including phenoxy) is 1. The summed E-state index contributed by atoms with van der Waals surface area (Å²) in [5.74, 6) is -1.25. The zero-order chi connectivity index (χ0) is 27.5. The van der Waals surface area contributed by atoms with Gasteiger partial charge < -0.3 is 20.1 Å². The number of aliphatic hydroxyl groups excluding tert-OH is 1. The summed E-state index contributed by atoms with van der Waals surface area (Å²) in [6.07, 6.45) is 0.134. The lowest BCUT2D eigenvalue weighted by Gasteiger charge is -2.43. The van der Waals surface area contributed by atoms with Crippen LogP contribution in [0.5, 0.6) is 0 Å². The van der Waals surface area contributed by atoms with Gasteiger partial charge in [0.2, 0.25) is 11.8 Å². The molecule has 3 aromatic rings. The summed E-state index contributed by atoms with van der Waals surface area (Å²) in [4.78, 5) is 51.0. The SMILES string of the molecule is O=C(Cc1ccccc1)N[C@@H]1C(=O)N2[C@@H]1S[C@H](c1ccc(CO)cc1)[C@@H]2C(=O)OCc1ccc([N+](=O)[O-])cc1. The van der Waals surface area contributed by atoms with Crippen LogP contribution in [-0.2, 0) is 38.8 Å². The van der Waals surface area contributed by atoms with Gasteiger partial charge in [0.05, 0.1) is 23.2 Å². The maximum Gasteiger partial charge on any atom is 0.330 e. The molecule has 0 saturated carbocycles. The summed E-state index contributed by atoms with van der Waals surface area (Å²) in [7, 11) is 0. The van der Waals surface area contributed by atoms with Crippen LogP contribution in [0.3, 0.4) is 0 Å². The average Bonchev–Trinajstić information content (AvgIpc) is 3.32. The molecule has 2 aliphatic rings. The van der Waals surface area contributed by atoms with E-state index < -0.39 is 33.6 Å². The van der Waals surface area contributed by atoms with Crippen molar-refractivity contribution in [2.45, 2.75) is 42.3 Å². The van der Waals surface area contributed by atoms with Gasteiger partial charge in [-0.05, 0) is 34.4 Å². The molecule has 2 saturated heterocycles. The van der Waals surface area contributed by atoms with E-state index in [1.807, 2.05) is 30.3 Å². The van der Waals surface area contributed by atoms with Crippen molar-refractivity contribution in [1.82, 2.24) is 10.2 Å². The van der Waals surface area contributed by atoms with Gasteiger partial charge >= 0.3 is 5.97 Å². The second-order valence-electron chi connectivity index (χ2n) is 9.28. The van der Waals surface area contributed by atoms with Crippen molar-refractivity contribution in [3.8, 4) is 0 Å². The second kappa shape index (κ2) is 11.3. The quantitative estimate of drug-likeness (QED) is 0.180. The molecule has 0 spiro atoms. The van der Waals surface area contributed by atoms with Crippen LogP contribution in [0.1, 0.15) is 27.5 Å². The molecule has 2 N–H and O–H groups in total. The molecule has 3 aromatic carbocycles. The van der Waals surface area contributed by atoms with Crippen LogP contribution in [-0.4, -0.2) is 50.2 Å². The average molecular weight is 548 g/mol. The highest BCUT2D eigenvalue weighted by molar-refractivity contribution is 8.00. The summed E-state index contributed by atoms with van der Waals surface area (Å²) in [5.41, 5.74) is 2.82. The molecular formula is C28H25N3O7S. The van der Waals surface area contributed by atoms with Gasteiger partial charge in [0.25, 0.3) is 5.69 Å². The first-order chi connectivity index (χ1) is 18.9. The van der Waals surface area contributed by atoms with Crippen molar-refractivity contribution >= 4 is 35.2 Å². The number of hydrogen-bond donors (Lipinski definition) is 2. The third kappa shape index (κ3) is 5.50. The van der Waals surface area contributed by atoms with Crippen molar-refractivity contribution in [3.63, 3.8) is 0 Å². The summed E-state index contributed by atoms with van der Waals surface area (Å²) in [6, 6.07) is 20.3. The Kier molecular flexibility index (Phi) is 7.62. The van der Waals surface area contributed by atoms with Crippen LogP contribution in [0, 0.1) is 10.1 Å². The van der Waals surface area contributed by atoms with Crippen molar-refractivity contribution in [1.29, 1.82) is 0 Å². The van der Waals surface area contributed by atoms with E-state index in [0.717, 1.165) is 11.1 Å². The number of rotatable bonds is 9. The summed E-state index contributed by atoms with van der Waals surface area (Å²) in [5, 5.41) is 22.2. The predicted octanol–water partition coefficient (Wildman–Crippen LogP) is 2.88. The number of carbonyl (C=O) groups is 3. The van der Waals surface area contributed by atoms with Gasteiger partial charge in [-0.1, -0.05) is 54.6 Å². The Balaban J connectivity index is 1.31. The molecule has 0 aromatic heterocycles. The number of esters is 1. The van der Waals surface area contributed by atoms with Crippen LogP contribution in [0.15, 0.2) is 78.9 Å². The second-order valence-corrected chi connectivity index (χ2v) is 10.5. The number of nitrogens with zero attached hydrogens (tertiary/aromatic N) is 2. The van der Waals surface area contributed by atoms with Crippen LogP contribution >= 0.6 is 11.8 Å². The number of β-lactam (4-membered cyclic amide) rings is 1. The number of nitrogens with one attached hydrogen (secondary N) is 1. The van der Waals surface area contributed by atoms with Gasteiger partial charge in [-0.2, -0.15) is 0 Å². The van der Waals surface area contributed by atoms with Crippen LogP contribution in [0.25, 0.3) is 0 Å². The number of non-ortho nitro benzene ring substituents is 1. The minimum atomic E-state index is -0.923. The molecule has 200 valence electrons. The van der Waals surface area contributed by atoms with E-state index in [0.29, 0.717) is 11.1 Å². The molecule has 4 atom stereocenters. The van der Waals surface area contributed by atoms with E-state index in [9.17, 15) is 29.6 Å². The third-order valence-electron chi connectivity index (χ3n) is 6.74. The number of hydrogen-bond acceptors (Lipinski definition) is 8. The van der Waals surface area contributed by atoms with Crippen LogP contribution in [0.2, 0.25) is 0 Å². The molecule has 11 heteroatoms. The topological polar surface area (TPSA) is 139 Å². The molecule has 39 heavy (non-hydrogen) atoms.